The molecule has 4 amide bonds. The van der Waals surface area contributed by atoms with E-state index in [1.807, 2.05) is 30.3 Å². The SMILES string of the molecule is CC(C)(C)OC(=O)NCCC(=O)CNC(=O)[C@@H]1CC2(CC2)[C@H]2CN1C(=O)N2OCc1ccccc1. The second-order valence-corrected chi connectivity index (χ2v) is 10.6. The summed E-state index contributed by atoms with van der Waals surface area (Å²) in [6.45, 7) is 5.97. The van der Waals surface area contributed by atoms with Crippen molar-refractivity contribution in [3.05, 3.63) is 35.9 Å². The van der Waals surface area contributed by atoms with Gasteiger partial charge in [0.05, 0.1) is 12.6 Å². The van der Waals surface area contributed by atoms with Crippen molar-refractivity contribution in [1.29, 1.82) is 0 Å². The summed E-state index contributed by atoms with van der Waals surface area (Å²) in [4.78, 5) is 57.4. The Hall–Kier alpha value is -3.14. The molecule has 0 radical (unpaired) electrons. The van der Waals surface area contributed by atoms with Gasteiger partial charge in [-0.1, -0.05) is 30.3 Å². The molecular formula is C25H34N4O6. The molecule has 1 spiro atoms. The highest BCUT2D eigenvalue weighted by molar-refractivity contribution is 5.92. The lowest BCUT2D eigenvalue weighted by Crippen LogP contribution is -2.53. The molecule has 2 N–H and O–H groups in total. The third-order valence-corrected chi connectivity index (χ3v) is 6.71. The second kappa shape index (κ2) is 9.85. The smallest absolute Gasteiger partial charge is 0.407 e. The average molecular weight is 487 g/mol. The topological polar surface area (TPSA) is 117 Å². The quantitative estimate of drug-likeness (QED) is 0.554. The van der Waals surface area contributed by atoms with Crippen LogP contribution in [0.2, 0.25) is 0 Å². The Kier molecular flexibility index (Phi) is 7.02. The molecule has 2 heterocycles. The molecule has 0 unspecified atom stereocenters. The van der Waals surface area contributed by atoms with Crippen molar-refractivity contribution in [1.82, 2.24) is 20.6 Å². The number of rotatable bonds is 9. The molecule has 4 rings (SSSR count). The first-order valence-corrected chi connectivity index (χ1v) is 12.1. The van der Waals surface area contributed by atoms with Crippen LogP contribution in [0.15, 0.2) is 30.3 Å². The van der Waals surface area contributed by atoms with E-state index < -0.39 is 17.7 Å². The maximum absolute atomic E-state index is 13.1. The van der Waals surface area contributed by atoms with Crippen LogP contribution in [-0.4, -0.2) is 71.1 Å². The molecule has 10 nitrogen and oxygen atoms in total. The van der Waals surface area contributed by atoms with Gasteiger partial charge in [0.15, 0.2) is 5.78 Å². The molecule has 3 aliphatic rings. The number of ether oxygens (including phenoxy) is 1. The van der Waals surface area contributed by atoms with Crippen molar-refractivity contribution in [2.75, 3.05) is 19.6 Å². The van der Waals surface area contributed by atoms with Crippen molar-refractivity contribution >= 4 is 23.8 Å². The molecule has 2 atom stereocenters. The van der Waals surface area contributed by atoms with Crippen molar-refractivity contribution in [3.63, 3.8) is 0 Å². The molecule has 2 bridgehead atoms. The average Bonchev–Trinajstić information content (AvgIpc) is 3.51. The van der Waals surface area contributed by atoms with Crippen molar-refractivity contribution in [3.8, 4) is 0 Å². The Labute approximate surface area is 205 Å². The molecule has 0 aromatic heterocycles. The molecule has 1 aromatic rings. The summed E-state index contributed by atoms with van der Waals surface area (Å²) in [7, 11) is 0. The van der Waals surface area contributed by atoms with E-state index in [4.69, 9.17) is 9.57 Å². The van der Waals surface area contributed by atoms with Gasteiger partial charge in [0, 0.05) is 19.5 Å². The highest BCUT2D eigenvalue weighted by Gasteiger charge is 2.64. The molecule has 2 aliphatic heterocycles. The number of benzene rings is 1. The van der Waals surface area contributed by atoms with Gasteiger partial charge in [0.2, 0.25) is 5.91 Å². The van der Waals surface area contributed by atoms with Gasteiger partial charge in [0.1, 0.15) is 18.2 Å². The fourth-order valence-corrected chi connectivity index (χ4v) is 4.74. The first-order valence-electron chi connectivity index (χ1n) is 12.1. The van der Waals surface area contributed by atoms with Crippen molar-refractivity contribution in [2.24, 2.45) is 5.41 Å². The van der Waals surface area contributed by atoms with Gasteiger partial charge in [0.25, 0.3) is 0 Å². The number of carbonyl (C=O) groups is 4. The van der Waals surface area contributed by atoms with E-state index in [9.17, 15) is 19.2 Å². The van der Waals surface area contributed by atoms with Gasteiger partial charge < -0.3 is 20.3 Å². The number of hydrogen-bond donors (Lipinski definition) is 2. The van der Waals surface area contributed by atoms with E-state index in [1.54, 1.807) is 25.7 Å². The minimum atomic E-state index is -0.626. The van der Waals surface area contributed by atoms with Gasteiger partial charge >= 0.3 is 12.1 Å². The number of nitrogens with one attached hydrogen (secondary N) is 2. The zero-order valence-corrected chi connectivity index (χ0v) is 20.5. The van der Waals surface area contributed by atoms with Crippen LogP contribution in [0.25, 0.3) is 0 Å². The maximum Gasteiger partial charge on any atom is 0.407 e. The molecule has 35 heavy (non-hydrogen) atoms. The summed E-state index contributed by atoms with van der Waals surface area (Å²) in [5.41, 5.74) is 0.244. The molecular weight excluding hydrogens is 452 g/mol. The van der Waals surface area contributed by atoms with E-state index in [0.717, 1.165) is 18.4 Å². The molecule has 2 saturated heterocycles. The van der Waals surface area contributed by atoms with Gasteiger partial charge in [-0.25, -0.2) is 9.59 Å². The highest BCUT2D eigenvalue weighted by atomic mass is 16.7. The fourth-order valence-electron chi connectivity index (χ4n) is 4.74. The molecule has 10 heteroatoms. The monoisotopic (exact) mass is 486 g/mol. The van der Waals surface area contributed by atoms with Crippen LogP contribution in [0.3, 0.4) is 0 Å². The van der Waals surface area contributed by atoms with Crippen molar-refractivity contribution < 1.29 is 28.8 Å². The normalized spacial score (nSPS) is 22.2. The number of hydrogen-bond acceptors (Lipinski definition) is 6. The minimum Gasteiger partial charge on any atom is -0.444 e. The number of hydroxylamine groups is 2. The first kappa shape index (κ1) is 25.0. The summed E-state index contributed by atoms with van der Waals surface area (Å²) in [5.74, 6) is -0.550. The number of ketones is 1. The van der Waals surface area contributed by atoms with Gasteiger partial charge in [-0.05, 0) is 51.0 Å². The summed E-state index contributed by atoms with van der Waals surface area (Å²) < 4.78 is 5.13. The molecule has 1 aliphatic carbocycles. The largest absolute Gasteiger partial charge is 0.444 e. The lowest BCUT2D eigenvalue weighted by Gasteiger charge is -2.35. The third-order valence-electron chi connectivity index (χ3n) is 6.71. The van der Waals surface area contributed by atoms with Crippen molar-refractivity contribution in [2.45, 2.75) is 70.7 Å². The van der Waals surface area contributed by atoms with Crippen LogP contribution in [0, 0.1) is 5.41 Å². The lowest BCUT2D eigenvalue weighted by molar-refractivity contribution is -0.153. The van der Waals surface area contributed by atoms with E-state index in [-0.39, 0.29) is 55.3 Å². The number of fused-ring (bicyclic) bond motifs is 3. The summed E-state index contributed by atoms with van der Waals surface area (Å²) in [6.07, 6.45) is 1.94. The fraction of sp³-hybridized carbons (Fsp3) is 0.600. The van der Waals surface area contributed by atoms with Crippen LogP contribution in [0.4, 0.5) is 9.59 Å². The summed E-state index contributed by atoms with van der Waals surface area (Å²) in [5, 5.41) is 6.67. The van der Waals surface area contributed by atoms with E-state index >= 15 is 0 Å². The number of alkyl carbamates (subject to hydrolysis) is 1. The van der Waals surface area contributed by atoms with Gasteiger partial charge in [-0.2, -0.15) is 5.06 Å². The Bertz CT molecular complexity index is 972. The predicted octanol–water partition coefficient (Wildman–Crippen LogP) is 2.38. The maximum atomic E-state index is 13.1. The molecule has 3 fully saturated rings. The van der Waals surface area contributed by atoms with Crippen LogP contribution < -0.4 is 10.6 Å². The third kappa shape index (κ3) is 5.93. The summed E-state index contributed by atoms with van der Waals surface area (Å²) in [6, 6.07) is 8.65. The highest BCUT2D eigenvalue weighted by Crippen LogP contribution is 2.59. The van der Waals surface area contributed by atoms with E-state index in [1.165, 1.54) is 5.06 Å². The van der Waals surface area contributed by atoms with Crippen LogP contribution >= 0.6 is 0 Å². The minimum absolute atomic E-state index is 0.0664. The number of amides is 4. The predicted molar refractivity (Wildman–Crippen MR) is 126 cm³/mol. The van der Waals surface area contributed by atoms with Crippen LogP contribution in [0.5, 0.6) is 0 Å². The Morgan fingerprint density at radius 1 is 1.11 bits per heavy atom. The molecule has 190 valence electrons. The van der Waals surface area contributed by atoms with E-state index in [0.29, 0.717) is 13.0 Å². The number of carbonyl (C=O) groups excluding carboxylic acids is 4. The Morgan fingerprint density at radius 2 is 1.83 bits per heavy atom. The Balaban J connectivity index is 1.26. The standard InChI is InChI=1S/C25H34N4O6/c1-24(2,3)35-22(32)26-12-9-18(30)14-27-21(31)19-13-25(10-11-25)20-15-28(19)23(33)29(20)34-16-17-7-5-4-6-8-17/h4-8,19-20H,9-16H2,1-3H3,(H,26,32)(H,27,31)/t19-,20+/m0/s1. The van der Waals surface area contributed by atoms with Crippen LogP contribution in [0.1, 0.15) is 52.0 Å². The second-order valence-electron chi connectivity index (χ2n) is 10.6. The summed E-state index contributed by atoms with van der Waals surface area (Å²) >= 11 is 0. The molecule has 1 saturated carbocycles. The number of piperidine rings is 1. The number of urea groups is 1. The van der Waals surface area contributed by atoms with Gasteiger partial charge in [-0.15, -0.1) is 0 Å². The first-order chi connectivity index (χ1) is 16.6. The Morgan fingerprint density at radius 3 is 2.49 bits per heavy atom. The number of nitrogens with zero attached hydrogens (tertiary/aromatic N) is 2. The van der Waals surface area contributed by atoms with E-state index in [2.05, 4.69) is 10.6 Å². The number of Topliss-reactive ketones (excluding diaryl/α,β-unsaturated/α-hetero) is 1. The molecule has 1 aromatic carbocycles. The zero-order valence-electron chi connectivity index (χ0n) is 20.5. The zero-order chi connectivity index (χ0) is 25.2. The van der Waals surface area contributed by atoms with Crippen LogP contribution in [-0.2, 0) is 25.8 Å². The lowest BCUT2D eigenvalue weighted by atomic mass is 9.85. The van der Waals surface area contributed by atoms with Gasteiger partial charge in [-0.3, -0.25) is 14.4 Å².